The van der Waals surface area contributed by atoms with Crippen molar-refractivity contribution >= 4 is 28.4 Å². The number of fused-ring (bicyclic) bond motifs is 1. The van der Waals surface area contributed by atoms with Crippen LogP contribution in [-0.2, 0) is 0 Å². The van der Waals surface area contributed by atoms with Crippen LogP contribution in [0.2, 0.25) is 0 Å². The fourth-order valence-corrected chi connectivity index (χ4v) is 3.73. The summed E-state index contributed by atoms with van der Waals surface area (Å²) in [5, 5.41) is 14.3. The minimum atomic E-state index is -0.464. The van der Waals surface area contributed by atoms with Crippen molar-refractivity contribution in [1.82, 2.24) is 25.5 Å². The highest BCUT2D eigenvalue weighted by Crippen LogP contribution is 2.38. The van der Waals surface area contributed by atoms with Crippen molar-refractivity contribution in [2.45, 2.75) is 6.42 Å². The lowest BCUT2D eigenvalue weighted by Crippen LogP contribution is -2.58. The van der Waals surface area contributed by atoms with Crippen LogP contribution in [-0.4, -0.2) is 46.3 Å². The largest absolute Gasteiger partial charge is 0.339 e. The average molecular weight is 339 g/mol. The van der Waals surface area contributed by atoms with E-state index in [1.54, 1.807) is 6.20 Å². The molecule has 1 spiro atoms. The molecule has 2 saturated heterocycles. The molecular formula is C17H18FN7. The number of aromatic nitrogens is 4. The second-order valence-electron chi connectivity index (χ2n) is 6.95. The second kappa shape index (κ2) is 5.38. The topological polar surface area (TPSA) is 81.8 Å². The van der Waals surface area contributed by atoms with Crippen molar-refractivity contribution < 1.29 is 4.39 Å². The maximum absolute atomic E-state index is 14.2. The Hall–Kier alpha value is -2.74. The molecular weight excluding hydrogens is 321 g/mol. The van der Waals surface area contributed by atoms with Crippen LogP contribution in [0.5, 0.6) is 0 Å². The van der Waals surface area contributed by atoms with E-state index >= 15 is 0 Å². The molecule has 3 aromatic rings. The van der Waals surface area contributed by atoms with Gasteiger partial charge < -0.3 is 15.5 Å². The third-order valence-electron chi connectivity index (χ3n) is 5.10. The third kappa shape index (κ3) is 2.49. The zero-order valence-electron chi connectivity index (χ0n) is 13.6. The van der Waals surface area contributed by atoms with Crippen LogP contribution in [0.15, 0.2) is 30.6 Å². The summed E-state index contributed by atoms with van der Waals surface area (Å²) < 4.78 is 14.2. The SMILES string of the molecule is Fc1cnc(N2CC3(CCNC3)C2)nc1Nc1ccc2[nH]ncc2c1. The van der Waals surface area contributed by atoms with Gasteiger partial charge in [-0.3, -0.25) is 5.10 Å². The number of hydrogen-bond donors (Lipinski definition) is 3. The molecule has 3 N–H and O–H groups in total. The number of rotatable bonds is 3. The summed E-state index contributed by atoms with van der Waals surface area (Å²) in [6.07, 6.45) is 4.15. The lowest BCUT2D eigenvalue weighted by molar-refractivity contribution is 0.240. The zero-order valence-corrected chi connectivity index (χ0v) is 13.6. The zero-order chi connectivity index (χ0) is 16.9. The molecule has 1 aromatic carbocycles. The summed E-state index contributed by atoms with van der Waals surface area (Å²) in [6, 6.07) is 5.67. The van der Waals surface area contributed by atoms with Gasteiger partial charge >= 0.3 is 0 Å². The van der Waals surface area contributed by atoms with E-state index in [1.165, 1.54) is 12.6 Å². The molecule has 4 heterocycles. The Morgan fingerprint density at radius 3 is 3.00 bits per heavy atom. The minimum absolute atomic E-state index is 0.193. The molecule has 0 amide bonds. The summed E-state index contributed by atoms with van der Waals surface area (Å²) in [7, 11) is 0. The Morgan fingerprint density at radius 1 is 1.24 bits per heavy atom. The van der Waals surface area contributed by atoms with E-state index in [0.29, 0.717) is 11.4 Å². The van der Waals surface area contributed by atoms with Gasteiger partial charge in [-0.15, -0.1) is 0 Å². The van der Waals surface area contributed by atoms with Gasteiger partial charge in [0.15, 0.2) is 11.6 Å². The Morgan fingerprint density at radius 2 is 2.16 bits per heavy atom. The molecule has 2 fully saturated rings. The highest BCUT2D eigenvalue weighted by molar-refractivity contribution is 5.82. The van der Waals surface area contributed by atoms with E-state index in [2.05, 4.69) is 35.7 Å². The number of H-pyrrole nitrogens is 1. The molecule has 2 aliphatic rings. The van der Waals surface area contributed by atoms with Crippen molar-refractivity contribution in [2.24, 2.45) is 5.41 Å². The van der Waals surface area contributed by atoms with E-state index in [-0.39, 0.29) is 5.82 Å². The Bertz CT molecular complexity index is 924. The molecule has 5 rings (SSSR count). The van der Waals surface area contributed by atoms with E-state index < -0.39 is 5.82 Å². The molecule has 0 radical (unpaired) electrons. The molecule has 0 aliphatic carbocycles. The molecule has 128 valence electrons. The molecule has 7 nitrogen and oxygen atoms in total. The Kier molecular flexibility index (Phi) is 3.14. The van der Waals surface area contributed by atoms with Crippen LogP contribution in [0.3, 0.4) is 0 Å². The summed E-state index contributed by atoms with van der Waals surface area (Å²) in [6.45, 7) is 3.96. The smallest absolute Gasteiger partial charge is 0.227 e. The second-order valence-corrected chi connectivity index (χ2v) is 6.95. The first-order chi connectivity index (χ1) is 12.2. The standard InChI is InChI=1S/C17H18FN7/c18-13-7-20-16(25-9-17(10-25)3-4-19-8-17)23-15(13)22-12-1-2-14-11(5-12)6-21-24-14/h1-2,5-7,19H,3-4,8-10H2,(H,21,24)(H,20,22,23). The molecule has 25 heavy (non-hydrogen) atoms. The summed E-state index contributed by atoms with van der Waals surface area (Å²) in [4.78, 5) is 10.7. The molecule has 8 heteroatoms. The highest BCUT2D eigenvalue weighted by atomic mass is 19.1. The van der Waals surface area contributed by atoms with Crippen LogP contribution < -0.4 is 15.5 Å². The number of nitrogens with one attached hydrogen (secondary N) is 3. The van der Waals surface area contributed by atoms with Crippen LogP contribution in [0.25, 0.3) is 10.9 Å². The predicted molar refractivity (Wildman–Crippen MR) is 93.5 cm³/mol. The number of benzene rings is 1. The number of hydrogen-bond acceptors (Lipinski definition) is 6. The van der Waals surface area contributed by atoms with Crippen LogP contribution >= 0.6 is 0 Å². The summed E-state index contributed by atoms with van der Waals surface area (Å²) >= 11 is 0. The monoisotopic (exact) mass is 339 g/mol. The first-order valence-electron chi connectivity index (χ1n) is 8.39. The molecule has 2 aromatic heterocycles. The van der Waals surface area contributed by atoms with E-state index in [1.807, 2.05) is 18.2 Å². The highest BCUT2D eigenvalue weighted by Gasteiger charge is 2.45. The average Bonchev–Trinajstić information content (AvgIpc) is 3.24. The third-order valence-corrected chi connectivity index (χ3v) is 5.10. The van der Waals surface area contributed by atoms with Gasteiger partial charge in [0.2, 0.25) is 5.95 Å². The van der Waals surface area contributed by atoms with E-state index in [9.17, 15) is 4.39 Å². The van der Waals surface area contributed by atoms with Crippen LogP contribution in [0.4, 0.5) is 21.8 Å². The lowest BCUT2D eigenvalue weighted by atomic mass is 9.79. The van der Waals surface area contributed by atoms with Crippen LogP contribution in [0.1, 0.15) is 6.42 Å². The Labute approximate surface area is 143 Å². The summed E-state index contributed by atoms with van der Waals surface area (Å²) in [5.74, 6) is 0.304. The van der Waals surface area contributed by atoms with Gasteiger partial charge in [0.25, 0.3) is 0 Å². The maximum Gasteiger partial charge on any atom is 0.227 e. The van der Waals surface area contributed by atoms with Gasteiger partial charge in [-0.2, -0.15) is 10.1 Å². The normalized spacial score (nSPS) is 18.7. The van der Waals surface area contributed by atoms with Crippen molar-refractivity contribution in [3.8, 4) is 0 Å². The maximum atomic E-state index is 14.2. The quantitative estimate of drug-likeness (QED) is 0.677. The number of aromatic amines is 1. The lowest BCUT2D eigenvalue weighted by Gasteiger charge is -2.47. The first kappa shape index (κ1) is 14.6. The van der Waals surface area contributed by atoms with Crippen molar-refractivity contribution in [3.05, 3.63) is 36.4 Å². The summed E-state index contributed by atoms with van der Waals surface area (Å²) in [5.41, 5.74) is 2.04. The van der Waals surface area contributed by atoms with E-state index in [0.717, 1.165) is 42.8 Å². The molecule has 0 saturated carbocycles. The predicted octanol–water partition coefficient (Wildman–Crippen LogP) is 2.04. The molecule has 0 atom stereocenters. The van der Waals surface area contributed by atoms with Gasteiger partial charge in [0.1, 0.15) is 0 Å². The van der Waals surface area contributed by atoms with Gasteiger partial charge in [0, 0.05) is 36.1 Å². The number of anilines is 3. The van der Waals surface area contributed by atoms with Gasteiger partial charge in [-0.25, -0.2) is 9.37 Å². The van der Waals surface area contributed by atoms with Gasteiger partial charge in [-0.05, 0) is 31.2 Å². The number of nitrogens with zero attached hydrogens (tertiary/aromatic N) is 4. The fraction of sp³-hybridized carbons (Fsp3) is 0.353. The Balaban J connectivity index is 1.38. The van der Waals surface area contributed by atoms with Crippen molar-refractivity contribution in [2.75, 3.05) is 36.4 Å². The first-order valence-corrected chi connectivity index (χ1v) is 8.39. The number of halogens is 1. The van der Waals surface area contributed by atoms with Crippen molar-refractivity contribution in [1.29, 1.82) is 0 Å². The van der Waals surface area contributed by atoms with Crippen LogP contribution in [0, 0.1) is 11.2 Å². The molecule has 0 unspecified atom stereocenters. The van der Waals surface area contributed by atoms with Gasteiger partial charge in [0.05, 0.1) is 17.9 Å². The van der Waals surface area contributed by atoms with Gasteiger partial charge in [-0.1, -0.05) is 0 Å². The fourth-order valence-electron chi connectivity index (χ4n) is 3.73. The minimum Gasteiger partial charge on any atom is -0.339 e. The molecule has 0 bridgehead atoms. The van der Waals surface area contributed by atoms with E-state index in [4.69, 9.17) is 0 Å². The molecule has 2 aliphatic heterocycles. The van der Waals surface area contributed by atoms with Crippen molar-refractivity contribution in [3.63, 3.8) is 0 Å².